The Morgan fingerprint density at radius 3 is 2.56 bits per heavy atom. The zero-order valence-electron chi connectivity index (χ0n) is 8.91. The number of nitrogens with one attached hydrogen (secondary N) is 1. The molecule has 0 aliphatic heterocycles. The fraction of sp³-hybridized carbons (Fsp3) is 0.154. The molecule has 0 aromatic heterocycles. The minimum atomic E-state index is -0.522. The van der Waals surface area contributed by atoms with Gasteiger partial charge >= 0.3 is 0 Å². The predicted octanol–water partition coefficient (Wildman–Crippen LogP) is 3.41. The predicted molar refractivity (Wildman–Crippen MR) is 67.9 cm³/mol. The zero-order valence-corrected chi connectivity index (χ0v) is 9.66. The molecule has 3 heteroatoms. The van der Waals surface area contributed by atoms with Crippen molar-refractivity contribution < 1.29 is 4.79 Å². The van der Waals surface area contributed by atoms with E-state index in [9.17, 15) is 4.79 Å². The van der Waals surface area contributed by atoms with Gasteiger partial charge in [-0.25, -0.2) is 0 Å². The van der Waals surface area contributed by atoms with E-state index in [1.807, 2.05) is 42.5 Å². The van der Waals surface area contributed by atoms with Crippen LogP contribution in [0.2, 0.25) is 0 Å². The summed E-state index contributed by atoms with van der Waals surface area (Å²) < 4.78 is 0. The van der Waals surface area contributed by atoms with Crippen LogP contribution in [0.15, 0.2) is 42.5 Å². The maximum atomic E-state index is 11.4. The first kappa shape index (κ1) is 11.0. The lowest BCUT2D eigenvalue weighted by Gasteiger charge is -2.07. The topological polar surface area (TPSA) is 29.1 Å². The van der Waals surface area contributed by atoms with Gasteiger partial charge in [-0.15, -0.1) is 11.6 Å². The van der Waals surface area contributed by atoms with Crippen LogP contribution in [0.1, 0.15) is 6.92 Å². The second-order valence-electron chi connectivity index (χ2n) is 3.67. The molecule has 0 spiro atoms. The van der Waals surface area contributed by atoms with Gasteiger partial charge < -0.3 is 5.32 Å². The van der Waals surface area contributed by atoms with Crippen LogP contribution < -0.4 is 5.32 Å². The number of carbonyl (C=O) groups is 1. The number of benzene rings is 2. The van der Waals surface area contributed by atoms with Gasteiger partial charge in [0.15, 0.2) is 0 Å². The van der Waals surface area contributed by atoms with E-state index in [4.69, 9.17) is 11.6 Å². The number of halogens is 1. The molecule has 82 valence electrons. The van der Waals surface area contributed by atoms with E-state index < -0.39 is 5.38 Å². The molecule has 1 unspecified atom stereocenters. The number of hydrogen-bond acceptors (Lipinski definition) is 1. The Labute approximate surface area is 99.2 Å². The van der Waals surface area contributed by atoms with Gasteiger partial charge in [0.1, 0.15) is 5.38 Å². The highest BCUT2D eigenvalue weighted by molar-refractivity contribution is 6.32. The van der Waals surface area contributed by atoms with Crippen LogP contribution in [0.4, 0.5) is 5.69 Å². The molecule has 0 bridgehead atoms. The maximum Gasteiger partial charge on any atom is 0.242 e. The number of carbonyl (C=O) groups excluding carboxylic acids is 1. The Bertz CT molecular complexity index is 522. The molecule has 1 atom stereocenters. The molecule has 2 rings (SSSR count). The lowest BCUT2D eigenvalue weighted by molar-refractivity contribution is -0.115. The highest BCUT2D eigenvalue weighted by Gasteiger charge is 2.08. The van der Waals surface area contributed by atoms with E-state index in [1.165, 1.54) is 0 Å². The normalized spacial score (nSPS) is 12.4. The summed E-state index contributed by atoms with van der Waals surface area (Å²) in [5, 5.41) is 4.49. The highest BCUT2D eigenvalue weighted by Crippen LogP contribution is 2.19. The minimum Gasteiger partial charge on any atom is -0.325 e. The average Bonchev–Trinajstić information content (AvgIpc) is 2.28. The van der Waals surface area contributed by atoms with E-state index in [-0.39, 0.29) is 5.91 Å². The van der Waals surface area contributed by atoms with Crippen molar-refractivity contribution in [2.75, 3.05) is 5.32 Å². The first-order valence-corrected chi connectivity index (χ1v) is 5.54. The van der Waals surface area contributed by atoms with Crippen molar-refractivity contribution in [2.45, 2.75) is 12.3 Å². The smallest absolute Gasteiger partial charge is 0.242 e. The molecular formula is C13H12ClNO. The molecule has 1 amide bonds. The molecule has 16 heavy (non-hydrogen) atoms. The summed E-state index contributed by atoms with van der Waals surface area (Å²) in [7, 11) is 0. The zero-order chi connectivity index (χ0) is 11.5. The molecule has 0 aliphatic carbocycles. The standard InChI is InChI=1S/C13H12ClNO/c1-9(14)13(16)15-12-7-6-10-4-2-3-5-11(10)8-12/h2-9H,1H3,(H,15,16). The summed E-state index contributed by atoms with van der Waals surface area (Å²) in [5.41, 5.74) is 0.774. The number of amides is 1. The molecule has 0 fully saturated rings. The van der Waals surface area contributed by atoms with Crippen molar-refractivity contribution in [3.05, 3.63) is 42.5 Å². The Kier molecular flexibility index (Phi) is 3.11. The second kappa shape index (κ2) is 4.54. The molecule has 0 radical (unpaired) electrons. The third-order valence-electron chi connectivity index (χ3n) is 2.38. The van der Waals surface area contributed by atoms with Crippen LogP contribution in [0.3, 0.4) is 0 Å². The van der Waals surface area contributed by atoms with Crippen molar-refractivity contribution >= 4 is 34.0 Å². The van der Waals surface area contributed by atoms with Crippen LogP contribution in [0.5, 0.6) is 0 Å². The van der Waals surface area contributed by atoms with Gasteiger partial charge in [0.25, 0.3) is 0 Å². The van der Waals surface area contributed by atoms with Crippen LogP contribution in [0.25, 0.3) is 10.8 Å². The molecular weight excluding hydrogens is 222 g/mol. The SMILES string of the molecule is CC(Cl)C(=O)Nc1ccc2ccccc2c1. The summed E-state index contributed by atoms with van der Waals surface area (Å²) >= 11 is 5.68. The maximum absolute atomic E-state index is 11.4. The monoisotopic (exact) mass is 233 g/mol. The van der Waals surface area contributed by atoms with Crippen LogP contribution in [0, 0.1) is 0 Å². The fourth-order valence-electron chi connectivity index (χ4n) is 1.51. The summed E-state index contributed by atoms with van der Waals surface area (Å²) in [6.45, 7) is 1.65. The van der Waals surface area contributed by atoms with Gasteiger partial charge in [-0.2, -0.15) is 0 Å². The number of alkyl halides is 1. The van der Waals surface area contributed by atoms with Crippen molar-refractivity contribution in [3.8, 4) is 0 Å². The Morgan fingerprint density at radius 1 is 1.19 bits per heavy atom. The third-order valence-corrected chi connectivity index (χ3v) is 2.58. The Morgan fingerprint density at radius 2 is 1.88 bits per heavy atom. The van der Waals surface area contributed by atoms with E-state index in [0.717, 1.165) is 16.5 Å². The van der Waals surface area contributed by atoms with Gasteiger partial charge in [0, 0.05) is 5.69 Å². The van der Waals surface area contributed by atoms with Crippen molar-refractivity contribution in [2.24, 2.45) is 0 Å². The minimum absolute atomic E-state index is 0.183. The molecule has 1 N–H and O–H groups in total. The Balaban J connectivity index is 2.29. The number of anilines is 1. The first-order chi connectivity index (χ1) is 7.66. The van der Waals surface area contributed by atoms with E-state index in [2.05, 4.69) is 5.32 Å². The van der Waals surface area contributed by atoms with E-state index in [1.54, 1.807) is 6.92 Å². The lowest BCUT2D eigenvalue weighted by Crippen LogP contribution is -2.20. The molecule has 0 aliphatic rings. The quantitative estimate of drug-likeness (QED) is 0.792. The van der Waals surface area contributed by atoms with Gasteiger partial charge in [0.05, 0.1) is 0 Å². The van der Waals surface area contributed by atoms with Crippen LogP contribution in [-0.4, -0.2) is 11.3 Å². The highest BCUT2D eigenvalue weighted by atomic mass is 35.5. The fourth-order valence-corrected chi connectivity index (χ4v) is 1.56. The van der Waals surface area contributed by atoms with Gasteiger partial charge in [-0.05, 0) is 29.8 Å². The van der Waals surface area contributed by atoms with Crippen LogP contribution >= 0.6 is 11.6 Å². The second-order valence-corrected chi connectivity index (χ2v) is 4.32. The first-order valence-electron chi connectivity index (χ1n) is 5.10. The van der Waals surface area contributed by atoms with Gasteiger partial charge in [-0.1, -0.05) is 30.3 Å². The molecule has 2 aromatic rings. The van der Waals surface area contributed by atoms with E-state index in [0.29, 0.717) is 0 Å². The molecule has 0 saturated heterocycles. The summed E-state index contributed by atoms with van der Waals surface area (Å²) in [6.07, 6.45) is 0. The molecule has 0 heterocycles. The number of rotatable bonds is 2. The van der Waals surface area contributed by atoms with Crippen molar-refractivity contribution in [3.63, 3.8) is 0 Å². The third kappa shape index (κ3) is 2.34. The molecule has 2 aromatic carbocycles. The van der Waals surface area contributed by atoms with Crippen molar-refractivity contribution in [1.29, 1.82) is 0 Å². The average molecular weight is 234 g/mol. The van der Waals surface area contributed by atoms with Crippen molar-refractivity contribution in [1.82, 2.24) is 0 Å². The van der Waals surface area contributed by atoms with Gasteiger partial charge in [-0.3, -0.25) is 4.79 Å². The van der Waals surface area contributed by atoms with E-state index >= 15 is 0 Å². The summed E-state index contributed by atoms with van der Waals surface area (Å²) in [6, 6.07) is 13.8. The molecule has 2 nitrogen and oxygen atoms in total. The Hall–Kier alpha value is -1.54. The lowest BCUT2D eigenvalue weighted by atomic mass is 10.1. The summed E-state index contributed by atoms with van der Waals surface area (Å²) in [4.78, 5) is 11.4. The number of fused-ring (bicyclic) bond motifs is 1. The molecule has 0 saturated carbocycles. The largest absolute Gasteiger partial charge is 0.325 e. The van der Waals surface area contributed by atoms with Crippen LogP contribution in [-0.2, 0) is 4.79 Å². The number of hydrogen-bond donors (Lipinski definition) is 1. The van der Waals surface area contributed by atoms with Gasteiger partial charge in [0.2, 0.25) is 5.91 Å². The summed E-state index contributed by atoms with van der Waals surface area (Å²) in [5.74, 6) is -0.183.